The van der Waals surface area contributed by atoms with Crippen LogP contribution >= 0.6 is 15.9 Å². The van der Waals surface area contributed by atoms with Gasteiger partial charge in [0, 0.05) is 13.1 Å². The van der Waals surface area contributed by atoms with E-state index in [0.717, 1.165) is 5.56 Å². The molecule has 0 aliphatic heterocycles. The molecule has 14 heavy (non-hydrogen) atoms. The standard InChI is InChI=1S/C10H13BrFNO/c1-13(4-5-14)7-8-2-3-10(12)9(11)6-8/h2-3,6,14H,4-5,7H2,1H3. The van der Waals surface area contributed by atoms with Gasteiger partial charge < -0.3 is 5.11 Å². The van der Waals surface area contributed by atoms with Crippen LogP contribution in [0.15, 0.2) is 22.7 Å². The molecule has 0 aliphatic rings. The highest BCUT2D eigenvalue weighted by atomic mass is 79.9. The van der Waals surface area contributed by atoms with Crippen LogP contribution in [0.5, 0.6) is 0 Å². The Balaban J connectivity index is 2.63. The molecule has 0 saturated heterocycles. The van der Waals surface area contributed by atoms with E-state index in [1.807, 2.05) is 11.9 Å². The third-order valence-corrected chi connectivity index (χ3v) is 2.53. The fourth-order valence-corrected chi connectivity index (χ4v) is 1.63. The Hall–Kier alpha value is -0.450. The van der Waals surface area contributed by atoms with Crippen LogP contribution < -0.4 is 0 Å². The third-order valence-electron chi connectivity index (χ3n) is 1.92. The van der Waals surface area contributed by atoms with Crippen molar-refractivity contribution in [2.75, 3.05) is 20.2 Å². The number of hydrogen-bond acceptors (Lipinski definition) is 2. The van der Waals surface area contributed by atoms with Crippen LogP contribution in [0.4, 0.5) is 4.39 Å². The molecule has 0 atom stereocenters. The molecule has 0 amide bonds. The number of benzene rings is 1. The van der Waals surface area contributed by atoms with Crippen LogP contribution in [0.2, 0.25) is 0 Å². The van der Waals surface area contributed by atoms with E-state index in [9.17, 15) is 4.39 Å². The SMILES string of the molecule is CN(CCO)Cc1ccc(F)c(Br)c1. The second kappa shape index (κ2) is 5.44. The first-order valence-corrected chi connectivity index (χ1v) is 5.16. The molecule has 0 unspecified atom stereocenters. The van der Waals surface area contributed by atoms with Crippen molar-refractivity contribution < 1.29 is 9.50 Å². The molecule has 0 aliphatic carbocycles. The van der Waals surface area contributed by atoms with Gasteiger partial charge in [-0.2, -0.15) is 0 Å². The minimum atomic E-state index is -0.251. The van der Waals surface area contributed by atoms with Gasteiger partial charge in [0.05, 0.1) is 11.1 Å². The number of rotatable bonds is 4. The summed E-state index contributed by atoms with van der Waals surface area (Å²) in [5.41, 5.74) is 1.02. The molecule has 0 fully saturated rings. The highest BCUT2D eigenvalue weighted by Gasteiger charge is 2.03. The number of nitrogens with zero attached hydrogens (tertiary/aromatic N) is 1. The molecule has 0 radical (unpaired) electrons. The zero-order valence-corrected chi connectivity index (χ0v) is 9.59. The average molecular weight is 262 g/mol. The lowest BCUT2D eigenvalue weighted by molar-refractivity contribution is 0.217. The Bertz CT molecular complexity index is 306. The van der Waals surface area contributed by atoms with Crippen molar-refractivity contribution in [1.29, 1.82) is 0 Å². The molecular formula is C10H13BrFNO. The van der Waals surface area contributed by atoms with E-state index in [0.29, 0.717) is 17.6 Å². The molecule has 4 heteroatoms. The summed E-state index contributed by atoms with van der Waals surface area (Å²) in [6, 6.07) is 4.93. The van der Waals surface area contributed by atoms with Crippen molar-refractivity contribution >= 4 is 15.9 Å². The molecule has 0 aromatic heterocycles. The summed E-state index contributed by atoms with van der Waals surface area (Å²) in [4.78, 5) is 1.97. The predicted octanol–water partition coefficient (Wildman–Crippen LogP) is 2.01. The number of aliphatic hydroxyl groups excluding tert-OH is 1. The van der Waals surface area contributed by atoms with Crippen LogP contribution in [0.3, 0.4) is 0 Å². The van der Waals surface area contributed by atoms with E-state index in [4.69, 9.17) is 5.11 Å². The third kappa shape index (κ3) is 3.36. The van der Waals surface area contributed by atoms with E-state index in [1.54, 1.807) is 12.1 Å². The van der Waals surface area contributed by atoms with Crippen LogP contribution in [0.1, 0.15) is 5.56 Å². The van der Waals surface area contributed by atoms with E-state index in [2.05, 4.69) is 15.9 Å². The van der Waals surface area contributed by atoms with Gasteiger partial charge in [-0.05, 0) is 40.7 Å². The first-order chi connectivity index (χ1) is 6.63. The van der Waals surface area contributed by atoms with Gasteiger partial charge in [-0.1, -0.05) is 6.07 Å². The zero-order valence-electron chi connectivity index (χ0n) is 8.00. The Kier molecular flexibility index (Phi) is 4.51. The smallest absolute Gasteiger partial charge is 0.137 e. The van der Waals surface area contributed by atoms with Gasteiger partial charge >= 0.3 is 0 Å². The van der Waals surface area contributed by atoms with E-state index in [-0.39, 0.29) is 12.4 Å². The Labute approximate surface area is 91.5 Å². The maximum atomic E-state index is 12.9. The molecule has 0 heterocycles. The van der Waals surface area contributed by atoms with Crippen molar-refractivity contribution in [2.45, 2.75) is 6.54 Å². The van der Waals surface area contributed by atoms with Crippen LogP contribution in [0.25, 0.3) is 0 Å². The molecule has 78 valence electrons. The summed E-state index contributed by atoms with van der Waals surface area (Å²) in [6.45, 7) is 1.47. The number of halogens is 2. The molecule has 0 saturated carbocycles. The lowest BCUT2D eigenvalue weighted by atomic mass is 10.2. The molecular weight excluding hydrogens is 249 g/mol. The quantitative estimate of drug-likeness (QED) is 0.897. The molecule has 1 aromatic rings. The fourth-order valence-electron chi connectivity index (χ4n) is 1.20. The Morgan fingerprint density at radius 2 is 2.21 bits per heavy atom. The summed E-state index contributed by atoms with van der Waals surface area (Å²) in [6.07, 6.45) is 0. The molecule has 1 aromatic carbocycles. The normalized spacial score (nSPS) is 10.9. The topological polar surface area (TPSA) is 23.5 Å². The zero-order chi connectivity index (χ0) is 10.6. The predicted molar refractivity (Wildman–Crippen MR) is 57.5 cm³/mol. The van der Waals surface area contributed by atoms with Gasteiger partial charge in [-0.15, -0.1) is 0 Å². The first-order valence-electron chi connectivity index (χ1n) is 4.37. The van der Waals surface area contributed by atoms with E-state index >= 15 is 0 Å². The van der Waals surface area contributed by atoms with Gasteiger partial charge in [-0.25, -0.2) is 4.39 Å². The maximum absolute atomic E-state index is 12.9. The lowest BCUT2D eigenvalue weighted by Crippen LogP contribution is -2.21. The summed E-state index contributed by atoms with van der Waals surface area (Å²) < 4.78 is 13.4. The number of aliphatic hydroxyl groups is 1. The Morgan fingerprint density at radius 3 is 2.79 bits per heavy atom. The van der Waals surface area contributed by atoms with Crippen LogP contribution in [-0.4, -0.2) is 30.2 Å². The van der Waals surface area contributed by atoms with Crippen LogP contribution in [0, 0.1) is 5.82 Å². The minimum absolute atomic E-state index is 0.138. The van der Waals surface area contributed by atoms with E-state index < -0.39 is 0 Å². The summed E-state index contributed by atoms with van der Waals surface area (Å²) in [5, 5.41) is 8.70. The van der Waals surface area contributed by atoms with Gasteiger partial charge in [0.15, 0.2) is 0 Å². The maximum Gasteiger partial charge on any atom is 0.137 e. The lowest BCUT2D eigenvalue weighted by Gasteiger charge is -2.15. The number of hydrogen-bond donors (Lipinski definition) is 1. The number of likely N-dealkylation sites (N-methyl/N-ethyl adjacent to an activating group) is 1. The molecule has 1 rings (SSSR count). The monoisotopic (exact) mass is 261 g/mol. The average Bonchev–Trinajstić information content (AvgIpc) is 2.12. The van der Waals surface area contributed by atoms with Crippen molar-refractivity contribution in [3.05, 3.63) is 34.1 Å². The van der Waals surface area contributed by atoms with Crippen LogP contribution in [-0.2, 0) is 6.54 Å². The molecule has 1 N–H and O–H groups in total. The summed E-state index contributed by atoms with van der Waals surface area (Å²) >= 11 is 3.13. The van der Waals surface area contributed by atoms with Crippen molar-refractivity contribution in [2.24, 2.45) is 0 Å². The van der Waals surface area contributed by atoms with Gasteiger partial charge in [0.1, 0.15) is 5.82 Å². The largest absolute Gasteiger partial charge is 0.395 e. The molecule has 0 bridgehead atoms. The summed E-state index contributed by atoms with van der Waals surface area (Å²) in [5.74, 6) is -0.251. The van der Waals surface area contributed by atoms with Crippen molar-refractivity contribution in [1.82, 2.24) is 4.90 Å². The molecule has 0 spiro atoms. The van der Waals surface area contributed by atoms with Crippen molar-refractivity contribution in [3.8, 4) is 0 Å². The van der Waals surface area contributed by atoms with Crippen molar-refractivity contribution in [3.63, 3.8) is 0 Å². The summed E-state index contributed by atoms with van der Waals surface area (Å²) in [7, 11) is 1.91. The molecule has 2 nitrogen and oxygen atoms in total. The van der Waals surface area contributed by atoms with Gasteiger partial charge in [0.2, 0.25) is 0 Å². The van der Waals surface area contributed by atoms with Gasteiger partial charge in [0.25, 0.3) is 0 Å². The fraction of sp³-hybridized carbons (Fsp3) is 0.400. The Morgan fingerprint density at radius 1 is 1.50 bits per heavy atom. The second-order valence-corrected chi connectivity index (χ2v) is 4.06. The second-order valence-electron chi connectivity index (χ2n) is 3.21. The van der Waals surface area contributed by atoms with Gasteiger partial charge in [-0.3, -0.25) is 4.90 Å². The highest BCUT2D eigenvalue weighted by Crippen LogP contribution is 2.17. The van der Waals surface area contributed by atoms with E-state index in [1.165, 1.54) is 6.07 Å². The highest BCUT2D eigenvalue weighted by molar-refractivity contribution is 9.10. The minimum Gasteiger partial charge on any atom is -0.395 e. The first kappa shape index (κ1) is 11.6.